The lowest BCUT2D eigenvalue weighted by molar-refractivity contribution is -0.128. The van der Waals surface area contributed by atoms with E-state index in [0.717, 1.165) is 4.47 Å². The van der Waals surface area contributed by atoms with Crippen LogP contribution in [-0.2, 0) is 4.79 Å². The van der Waals surface area contributed by atoms with Crippen molar-refractivity contribution in [3.8, 4) is 0 Å². The van der Waals surface area contributed by atoms with Crippen LogP contribution in [-0.4, -0.2) is 31.4 Å². The van der Waals surface area contributed by atoms with Crippen molar-refractivity contribution in [3.63, 3.8) is 0 Å². The number of carbonyl (C=O) groups excluding carboxylic acids is 1. The number of hydrogen-bond donors (Lipinski definition) is 1. The second-order valence-electron chi connectivity index (χ2n) is 4.27. The number of rotatable bonds is 5. The summed E-state index contributed by atoms with van der Waals surface area (Å²) < 4.78 is 1.08. The molecule has 0 saturated heterocycles. The van der Waals surface area contributed by atoms with Gasteiger partial charge in [-0.2, -0.15) is 0 Å². The van der Waals surface area contributed by atoms with Gasteiger partial charge in [-0.05, 0) is 24.6 Å². The molecule has 0 aliphatic carbocycles. The van der Waals surface area contributed by atoms with Crippen LogP contribution < -0.4 is 5.32 Å². The number of hydrogen-bond acceptors (Lipinski definition) is 2. The lowest BCUT2D eigenvalue weighted by atomic mass is 10.1. The summed E-state index contributed by atoms with van der Waals surface area (Å²) in [4.78, 5) is 13.0. The number of halogens is 1. The van der Waals surface area contributed by atoms with E-state index in [1.54, 1.807) is 19.0 Å². The zero-order valence-corrected chi connectivity index (χ0v) is 12.1. The molecule has 1 aromatic carbocycles. The van der Waals surface area contributed by atoms with Gasteiger partial charge in [0, 0.05) is 37.6 Å². The number of nitrogens with zero attached hydrogens (tertiary/aromatic N) is 1. The second-order valence-corrected chi connectivity index (χ2v) is 5.18. The third kappa shape index (κ3) is 4.88. The van der Waals surface area contributed by atoms with Crippen LogP contribution in [0.4, 0.5) is 0 Å². The first-order chi connectivity index (χ1) is 8.00. The van der Waals surface area contributed by atoms with Crippen molar-refractivity contribution in [2.45, 2.75) is 19.4 Å². The molecule has 94 valence electrons. The first-order valence-electron chi connectivity index (χ1n) is 5.69. The minimum Gasteiger partial charge on any atom is -0.349 e. The quantitative estimate of drug-likeness (QED) is 0.906. The largest absolute Gasteiger partial charge is 0.349 e. The Balaban J connectivity index is 2.37. The van der Waals surface area contributed by atoms with Gasteiger partial charge in [0.05, 0.1) is 0 Å². The van der Waals surface area contributed by atoms with Crippen molar-refractivity contribution in [2.24, 2.45) is 0 Å². The molecule has 0 aliphatic rings. The molecule has 0 aliphatic heterocycles. The van der Waals surface area contributed by atoms with Crippen molar-refractivity contribution >= 4 is 21.8 Å². The maximum Gasteiger partial charge on any atom is 0.223 e. The smallest absolute Gasteiger partial charge is 0.223 e. The van der Waals surface area contributed by atoms with Gasteiger partial charge in [0.1, 0.15) is 0 Å². The van der Waals surface area contributed by atoms with E-state index in [2.05, 4.69) is 40.3 Å². The van der Waals surface area contributed by atoms with E-state index in [-0.39, 0.29) is 11.9 Å². The molecule has 0 heterocycles. The van der Waals surface area contributed by atoms with Crippen molar-refractivity contribution in [1.82, 2.24) is 10.2 Å². The maximum absolute atomic E-state index is 11.4. The summed E-state index contributed by atoms with van der Waals surface area (Å²) in [5.41, 5.74) is 1.23. The molecule has 1 aromatic rings. The van der Waals surface area contributed by atoms with Crippen molar-refractivity contribution in [3.05, 3.63) is 34.3 Å². The van der Waals surface area contributed by atoms with Gasteiger partial charge in [0.25, 0.3) is 0 Å². The summed E-state index contributed by atoms with van der Waals surface area (Å²) in [6.45, 7) is 2.80. The highest BCUT2D eigenvalue weighted by molar-refractivity contribution is 9.10. The molecule has 0 radical (unpaired) electrons. The lowest BCUT2D eigenvalue weighted by Crippen LogP contribution is -2.28. The van der Waals surface area contributed by atoms with Crippen LogP contribution in [0.2, 0.25) is 0 Å². The monoisotopic (exact) mass is 298 g/mol. The molecule has 1 rings (SSSR count). The highest BCUT2D eigenvalue weighted by Gasteiger charge is 2.07. The molecule has 17 heavy (non-hydrogen) atoms. The molecule has 0 saturated carbocycles. The van der Waals surface area contributed by atoms with E-state index in [4.69, 9.17) is 0 Å². The van der Waals surface area contributed by atoms with E-state index in [1.165, 1.54) is 5.56 Å². The third-order valence-electron chi connectivity index (χ3n) is 2.66. The Labute approximate surface area is 111 Å². The van der Waals surface area contributed by atoms with Crippen molar-refractivity contribution in [1.29, 1.82) is 0 Å². The summed E-state index contributed by atoms with van der Waals surface area (Å²) in [5.74, 6) is 0.153. The van der Waals surface area contributed by atoms with Gasteiger partial charge in [0.2, 0.25) is 5.91 Å². The predicted molar refractivity (Wildman–Crippen MR) is 73.9 cm³/mol. The standard InChI is InChI=1S/C13H19BrN2O/c1-10(11-4-6-12(14)7-5-11)15-9-8-13(17)16(2)3/h4-7,10,15H,8-9H2,1-3H3. The van der Waals surface area contributed by atoms with Crippen LogP contribution in [0.15, 0.2) is 28.7 Å². The molecule has 0 fully saturated rings. The second kappa shape index (κ2) is 6.77. The van der Waals surface area contributed by atoms with Crippen molar-refractivity contribution in [2.75, 3.05) is 20.6 Å². The number of nitrogens with one attached hydrogen (secondary N) is 1. The fraction of sp³-hybridized carbons (Fsp3) is 0.462. The number of benzene rings is 1. The molecule has 1 amide bonds. The summed E-state index contributed by atoms with van der Waals surface area (Å²) in [6, 6.07) is 8.47. The van der Waals surface area contributed by atoms with Gasteiger partial charge in [0.15, 0.2) is 0 Å². The molecule has 1 N–H and O–H groups in total. The predicted octanol–water partition coefficient (Wildman–Crippen LogP) is 2.58. The molecular formula is C13H19BrN2O. The van der Waals surface area contributed by atoms with Crippen LogP contribution in [0.5, 0.6) is 0 Å². The first-order valence-corrected chi connectivity index (χ1v) is 6.49. The Morgan fingerprint density at radius 3 is 2.47 bits per heavy atom. The number of carbonyl (C=O) groups is 1. The van der Waals surface area contributed by atoms with E-state index in [9.17, 15) is 4.79 Å². The fourth-order valence-corrected chi connectivity index (χ4v) is 1.75. The van der Waals surface area contributed by atoms with E-state index in [0.29, 0.717) is 13.0 Å². The topological polar surface area (TPSA) is 32.3 Å². The Hall–Kier alpha value is -0.870. The van der Waals surface area contributed by atoms with Gasteiger partial charge in [-0.15, -0.1) is 0 Å². The molecular weight excluding hydrogens is 280 g/mol. The fourth-order valence-electron chi connectivity index (χ4n) is 1.49. The Kier molecular flexibility index (Phi) is 5.65. The summed E-state index contributed by atoms with van der Waals surface area (Å²) in [6.07, 6.45) is 0.536. The van der Waals surface area contributed by atoms with Crippen LogP contribution in [0, 0.1) is 0 Å². The zero-order valence-electron chi connectivity index (χ0n) is 10.5. The molecule has 0 spiro atoms. The molecule has 4 heteroatoms. The highest BCUT2D eigenvalue weighted by Crippen LogP contribution is 2.16. The van der Waals surface area contributed by atoms with Gasteiger partial charge < -0.3 is 10.2 Å². The van der Waals surface area contributed by atoms with E-state index >= 15 is 0 Å². The molecule has 0 aromatic heterocycles. The van der Waals surface area contributed by atoms with E-state index < -0.39 is 0 Å². The van der Waals surface area contributed by atoms with Gasteiger partial charge in [-0.3, -0.25) is 4.79 Å². The summed E-state index contributed by atoms with van der Waals surface area (Å²) in [7, 11) is 3.56. The van der Waals surface area contributed by atoms with Crippen LogP contribution >= 0.6 is 15.9 Å². The highest BCUT2D eigenvalue weighted by atomic mass is 79.9. The van der Waals surface area contributed by atoms with Crippen LogP contribution in [0.3, 0.4) is 0 Å². The lowest BCUT2D eigenvalue weighted by Gasteiger charge is -2.15. The van der Waals surface area contributed by atoms with Crippen molar-refractivity contribution < 1.29 is 4.79 Å². The third-order valence-corrected chi connectivity index (χ3v) is 3.19. The van der Waals surface area contributed by atoms with Crippen LogP contribution in [0.25, 0.3) is 0 Å². The summed E-state index contributed by atoms with van der Waals surface area (Å²) in [5, 5.41) is 3.34. The van der Waals surface area contributed by atoms with Gasteiger partial charge >= 0.3 is 0 Å². The zero-order chi connectivity index (χ0) is 12.8. The SMILES string of the molecule is CC(NCCC(=O)N(C)C)c1ccc(Br)cc1. The summed E-state index contributed by atoms with van der Waals surface area (Å²) >= 11 is 3.41. The first kappa shape index (κ1) is 14.2. The minimum absolute atomic E-state index is 0.153. The molecule has 3 nitrogen and oxygen atoms in total. The van der Waals surface area contributed by atoms with Gasteiger partial charge in [-0.25, -0.2) is 0 Å². The average Bonchev–Trinajstić information content (AvgIpc) is 2.29. The number of amides is 1. The normalized spacial score (nSPS) is 12.2. The molecule has 1 atom stereocenters. The molecule has 1 unspecified atom stereocenters. The maximum atomic E-state index is 11.4. The Bertz CT molecular complexity index is 362. The van der Waals surface area contributed by atoms with Gasteiger partial charge in [-0.1, -0.05) is 28.1 Å². The Morgan fingerprint density at radius 2 is 1.94 bits per heavy atom. The Morgan fingerprint density at radius 1 is 1.35 bits per heavy atom. The molecule has 0 bridgehead atoms. The van der Waals surface area contributed by atoms with Crippen LogP contribution in [0.1, 0.15) is 24.9 Å². The average molecular weight is 299 g/mol. The van der Waals surface area contributed by atoms with E-state index in [1.807, 2.05) is 12.1 Å². The minimum atomic E-state index is 0.153.